The highest BCUT2D eigenvalue weighted by molar-refractivity contribution is 7.89. The Morgan fingerprint density at radius 2 is 2.14 bits per heavy atom. The summed E-state index contributed by atoms with van der Waals surface area (Å²) < 4.78 is 33.2. The van der Waals surface area contributed by atoms with Crippen molar-refractivity contribution in [1.29, 1.82) is 0 Å². The van der Waals surface area contributed by atoms with Gasteiger partial charge in [-0.05, 0) is 38.0 Å². The number of hydrogen-bond donors (Lipinski definition) is 1. The summed E-state index contributed by atoms with van der Waals surface area (Å²) in [7, 11) is -3.68. The van der Waals surface area contributed by atoms with Crippen LogP contribution in [0.3, 0.4) is 0 Å². The third kappa shape index (κ3) is 2.84. The molecule has 0 radical (unpaired) electrons. The highest BCUT2D eigenvalue weighted by Crippen LogP contribution is 2.31. The van der Waals surface area contributed by atoms with Gasteiger partial charge in [0, 0.05) is 17.5 Å². The lowest BCUT2D eigenvalue weighted by Crippen LogP contribution is -2.30. The van der Waals surface area contributed by atoms with Crippen LogP contribution in [0.2, 0.25) is 0 Å². The maximum atomic E-state index is 12.6. The maximum Gasteiger partial charge on any atom is 0.241 e. The van der Waals surface area contributed by atoms with Crippen LogP contribution in [-0.4, -0.2) is 14.2 Å². The monoisotopic (exact) mass is 319 g/mol. The number of Topliss-reactive ketones (excluding diaryl/α,β-unsaturated/α-hetero) is 1. The van der Waals surface area contributed by atoms with Crippen molar-refractivity contribution in [2.75, 3.05) is 0 Å². The number of nitrogens with one attached hydrogen (secondary N) is 1. The van der Waals surface area contributed by atoms with Gasteiger partial charge in [-0.3, -0.25) is 4.79 Å². The second-order valence-electron chi connectivity index (χ2n) is 5.45. The number of carbonyl (C=O) groups is 1. The van der Waals surface area contributed by atoms with Gasteiger partial charge in [0.15, 0.2) is 5.78 Å². The highest BCUT2D eigenvalue weighted by atomic mass is 32.2. The number of hydrogen-bond acceptors (Lipinski definition) is 4. The molecule has 5 nitrogen and oxygen atoms in total. The van der Waals surface area contributed by atoms with Crippen LogP contribution in [0.1, 0.15) is 47.5 Å². The molecule has 0 fully saturated rings. The van der Waals surface area contributed by atoms with Gasteiger partial charge in [0.2, 0.25) is 10.0 Å². The molecule has 0 spiro atoms. The van der Waals surface area contributed by atoms with Crippen molar-refractivity contribution in [2.45, 2.75) is 37.1 Å². The molecule has 1 N–H and O–H groups in total. The fourth-order valence-corrected chi connectivity index (χ4v) is 4.04. The van der Waals surface area contributed by atoms with Crippen molar-refractivity contribution in [2.24, 2.45) is 0 Å². The van der Waals surface area contributed by atoms with E-state index in [4.69, 9.17) is 4.42 Å². The number of fused-ring (bicyclic) bond motifs is 1. The van der Waals surface area contributed by atoms with E-state index in [0.29, 0.717) is 5.56 Å². The van der Waals surface area contributed by atoms with Crippen LogP contribution in [0, 0.1) is 0 Å². The first kappa shape index (κ1) is 15.0. The Bertz CT molecular complexity index is 807. The van der Waals surface area contributed by atoms with Crippen molar-refractivity contribution in [1.82, 2.24) is 4.72 Å². The number of rotatable bonds is 4. The summed E-state index contributed by atoms with van der Waals surface area (Å²) in [6.45, 7) is 1.41. The predicted molar refractivity (Wildman–Crippen MR) is 81.2 cm³/mol. The van der Waals surface area contributed by atoms with Crippen molar-refractivity contribution < 1.29 is 17.6 Å². The minimum absolute atomic E-state index is 0.107. The van der Waals surface area contributed by atoms with Crippen LogP contribution in [0.5, 0.6) is 0 Å². The van der Waals surface area contributed by atoms with E-state index < -0.39 is 10.0 Å². The average molecular weight is 319 g/mol. The SMILES string of the molecule is CC(=O)c1cccc(S(=O)(=O)NC2CCCc3occc32)c1. The summed E-state index contributed by atoms with van der Waals surface area (Å²) in [6, 6.07) is 7.62. The van der Waals surface area contributed by atoms with Crippen molar-refractivity contribution in [3.05, 3.63) is 53.5 Å². The van der Waals surface area contributed by atoms with E-state index >= 15 is 0 Å². The summed E-state index contributed by atoms with van der Waals surface area (Å²) in [5.74, 6) is 0.684. The minimum Gasteiger partial charge on any atom is -0.469 e. The Labute approximate surface area is 129 Å². The number of furan rings is 1. The van der Waals surface area contributed by atoms with Gasteiger partial charge in [-0.25, -0.2) is 13.1 Å². The van der Waals surface area contributed by atoms with Crippen molar-refractivity contribution >= 4 is 15.8 Å². The number of sulfonamides is 1. The molecule has 1 heterocycles. The second-order valence-corrected chi connectivity index (χ2v) is 7.16. The number of aryl methyl sites for hydroxylation is 1. The van der Waals surface area contributed by atoms with Crippen LogP contribution in [0.25, 0.3) is 0 Å². The van der Waals surface area contributed by atoms with Crippen LogP contribution < -0.4 is 4.72 Å². The Kier molecular flexibility index (Phi) is 3.88. The first-order valence-electron chi connectivity index (χ1n) is 7.17. The zero-order valence-corrected chi connectivity index (χ0v) is 13.0. The molecule has 0 saturated heterocycles. The molecule has 6 heteroatoms. The normalized spacial score (nSPS) is 18.0. The van der Waals surface area contributed by atoms with Gasteiger partial charge in [-0.1, -0.05) is 12.1 Å². The molecule has 1 unspecified atom stereocenters. The highest BCUT2D eigenvalue weighted by Gasteiger charge is 2.27. The van der Waals surface area contributed by atoms with Gasteiger partial charge >= 0.3 is 0 Å². The van der Waals surface area contributed by atoms with E-state index in [1.807, 2.05) is 6.07 Å². The summed E-state index contributed by atoms with van der Waals surface area (Å²) in [4.78, 5) is 11.5. The Morgan fingerprint density at radius 1 is 1.32 bits per heavy atom. The Balaban J connectivity index is 1.89. The molecule has 3 rings (SSSR count). The van der Waals surface area contributed by atoms with Crippen LogP contribution in [0.4, 0.5) is 0 Å². The fourth-order valence-electron chi connectivity index (χ4n) is 2.75. The molecule has 1 aromatic heterocycles. The van der Waals surface area contributed by atoms with E-state index in [-0.39, 0.29) is 16.7 Å². The smallest absolute Gasteiger partial charge is 0.241 e. The summed E-state index contributed by atoms with van der Waals surface area (Å²) >= 11 is 0. The molecule has 1 atom stereocenters. The average Bonchev–Trinajstić information content (AvgIpc) is 2.97. The van der Waals surface area contributed by atoms with Crippen molar-refractivity contribution in [3.63, 3.8) is 0 Å². The molecular weight excluding hydrogens is 302 g/mol. The number of ketones is 1. The summed E-state index contributed by atoms with van der Waals surface area (Å²) in [5.41, 5.74) is 1.29. The van der Waals surface area contributed by atoms with Crippen LogP contribution in [0.15, 0.2) is 45.9 Å². The number of carbonyl (C=O) groups excluding carboxylic acids is 1. The van der Waals surface area contributed by atoms with Gasteiger partial charge in [-0.2, -0.15) is 0 Å². The topological polar surface area (TPSA) is 76.4 Å². The molecule has 0 bridgehead atoms. The van der Waals surface area contributed by atoms with E-state index in [1.54, 1.807) is 18.4 Å². The molecule has 0 saturated carbocycles. The van der Waals surface area contributed by atoms with Crippen LogP contribution >= 0.6 is 0 Å². The van der Waals surface area contributed by atoms with Gasteiger partial charge in [0.25, 0.3) is 0 Å². The van der Waals surface area contributed by atoms with Gasteiger partial charge in [0.1, 0.15) is 5.76 Å². The van der Waals surface area contributed by atoms with E-state index in [1.165, 1.54) is 19.1 Å². The largest absolute Gasteiger partial charge is 0.469 e. The lowest BCUT2D eigenvalue weighted by Gasteiger charge is -2.22. The first-order valence-corrected chi connectivity index (χ1v) is 8.65. The Morgan fingerprint density at radius 3 is 2.91 bits per heavy atom. The molecule has 1 aliphatic rings. The van der Waals surface area contributed by atoms with Crippen LogP contribution in [-0.2, 0) is 16.4 Å². The maximum absolute atomic E-state index is 12.6. The molecule has 22 heavy (non-hydrogen) atoms. The molecule has 116 valence electrons. The van der Waals surface area contributed by atoms with Gasteiger partial charge < -0.3 is 4.42 Å². The quantitative estimate of drug-likeness (QED) is 0.879. The zero-order valence-electron chi connectivity index (χ0n) is 12.2. The summed E-state index contributed by atoms with van der Waals surface area (Å²) in [6.07, 6.45) is 4.04. The van der Waals surface area contributed by atoms with Gasteiger partial charge in [0.05, 0.1) is 17.2 Å². The second kappa shape index (κ2) is 5.70. The lowest BCUT2D eigenvalue weighted by atomic mass is 9.94. The minimum atomic E-state index is -3.68. The Hall–Kier alpha value is -1.92. The van der Waals surface area contributed by atoms with Crippen molar-refractivity contribution in [3.8, 4) is 0 Å². The van der Waals surface area contributed by atoms with E-state index in [0.717, 1.165) is 30.6 Å². The summed E-state index contributed by atoms with van der Waals surface area (Å²) in [5, 5.41) is 0. The predicted octanol–water partition coefficient (Wildman–Crippen LogP) is 2.84. The van der Waals surface area contributed by atoms with E-state index in [9.17, 15) is 13.2 Å². The molecule has 1 aliphatic carbocycles. The standard InChI is InChI=1S/C16H17NO4S/c1-11(18)12-4-2-5-13(10-12)22(19,20)17-15-6-3-7-16-14(15)8-9-21-16/h2,4-5,8-10,15,17H,3,6-7H2,1H3. The third-order valence-corrected chi connectivity index (χ3v) is 5.37. The molecule has 2 aromatic rings. The molecule has 1 aromatic carbocycles. The molecule has 0 aliphatic heterocycles. The zero-order chi connectivity index (χ0) is 15.7. The number of benzene rings is 1. The lowest BCUT2D eigenvalue weighted by molar-refractivity contribution is 0.101. The van der Waals surface area contributed by atoms with Gasteiger partial charge in [-0.15, -0.1) is 0 Å². The van der Waals surface area contributed by atoms with E-state index in [2.05, 4.69) is 4.72 Å². The molecular formula is C16H17NO4S. The first-order chi connectivity index (χ1) is 10.5. The fraction of sp³-hybridized carbons (Fsp3) is 0.312. The third-order valence-electron chi connectivity index (χ3n) is 3.90. The molecule has 0 amide bonds.